The minimum atomic E-state index is -0.272. The number of hydrogen-bond donors (Lipinski definition) is 1. The first-order valence-corrected chi connectivity index (χ1v) is 9.85. The van der Waals surface area contributed by atoms with Gasteiger partial charge in [-0.2, -0.15) is 0 Å². The quantitative estimate of drug-likeness (QED) is 0.772. The second kappa shape index (κ2) is 8.88. The number of aromatic nitrogens is 2. The SMILES string of the molecule is CCCN(CCC)C(=O)c1nc(C(=O)NCc2ccco2)n2c1CCCC2. The highest BCUT2D eigenvalue weighted by atomic mass is 16.3. The number of hydrogen-bond acceptors (Lipinski definition) is 4. The van der Waals surface area contributed by atoms with Crippen LogP contribution in [0.15, 0.2) is 22.8 Å². The Kier molecular flexibility index (Phi) is 6.32. The van der Waals surface area contributed by atoms with Crippen LogP contribution in [-0.4, -0.2) is 39.4 Å². The van der Waals surface area contributed by atoms with E-state index < -0.39 is 0 Å². The summed E-state index contributed by atoms with van der Waals surface area (Å²) < 4.78 is 7.18. The molecule has 0 aliphatic carbocycles. The van der Waals surface area contributed by atoms with Gasteiger partial charge in [-0.3, -0.25) is 9.59 Å². The second-order valence-corrected chi connectivity index (χ2v) is 6.89. The summed E-state index contributed by atoms with van der Waals surface area (Å²) in [7, 11) is 0. The maximum Gasteiger partial charge on any atom is 0.287 e. The van der Waals surface area contributed by atoms with Crippen molar-refractivity contribution in [3.63, 3.8) is 0 Å². The number of carbonyl (C=O) groups is 2. The maximum atomic E-state index is 13.1. The van der Waals surface area contributed by atoms with Crippen molar-refractivity contribution in [2.75, 3.05) is 13.1 Å². The smallest absolute Gasteiger partial charge is 0.287 e. The first-order valence-electron chi connectivity index (χ1n) is 9.85. The molecule has 1 aliphatic rings. The molecule has 0 spiro atoms. The number of nitrogens with one attached hydrogen (secondary N) is 1. The molecule has 0 saturated heterocycles. The van der Waals surface area contributed by atoms with Gasteiger partial charge in [-0.15, -0.1) is 0 Å². The van der Waals surface area contributed by atoms with Crippen LogP contribution in [-0.2, 0) is 19.5 Å². The van der Waals surface area contributed by atoms with Gasteiger partial charge in [-0.1, -0.05) is 13.8 Å². The maximum absolute atomic E-state index is 13.1. The molecule has 3 heterocycles. The molecule has 0 saturated carbocycles. The zero-order valence-electron chi connectivity index (χ0n) is 16.2. The van der Waals surface area contributed by atoms with Gasteiger partial charge >= 0.3 is 0 Å². The third-order valence-corrected chi connectivity index (χ3v) is 4.80. The van der Waals surface area contributed by atoms with Crippen LogP contribution in [0.4, 0.5) is 0 Å². The average Bonchev–Trinajstić information content (AvgIpc) is 3.33. The summed E-state index contributed by atoms with van der Waals surface area (Å²) in [6.07, 6.45) is 6.16. The highest BCUT2D eigenvalue weighted by Crippen LogP contribution is 2.22. The van der Waals surface area contributed by atoms with Crippen LogP contribution in [0.25, 0.3) is 0 Å². The van der Waals surface area contributed by atoms with Crippen molar-refractivity contribution in [1.82, 2.24) is 19.8 Å². The lowest BCUT2D eigenvalue weighted by molar-refractivity contribution is 0.0748. The van der Waals surface area contributed by atoms with E-state index in [9.17, 15) is 9.59 Å². The van der Waals surface area contributed by atoms with E-state index in [1.807, 2.05) is 15.5 Å². The van der Waals surface area contributed by atoms with Crippen molar-refractivity contribution in [3.8, 4) is 0 Å². The van der Waals surface area contributed by atoms with E-state index in [4.69, 9.17) is 4.42 Å². The Bertz CT molecular complexity index is 774. The van der Waals surface area contributed by atoms with Gasteiger partial charge in [-0.25, -0.2) is 4.98 Å². The van der Waals surface area contributed by atoms with Crippen LogP contribution in [0.3, 0.4) is 0 Å². The molecule has 146 valence electrons. The molecule has 0 aromatic carbocycles. The summed E-state index contributed by atoms with van der Waals surface area (Å²) in [6.45, 7) is 6.56. The lowest BCUT2D eigenvalue weighted by Crippen LogP contribution is -2.33. The zero-order valence-corrected chi connectivity index (χ0v) is 16.2. The molecular weight excluding hydrogens is 344 g/mol. The number of nitrogens with zero attached hydrogens (tertiary/aromatic N) is 3. The average molecular weight is 372 g/mol. The zero-order chi connectivity index (χ0) is 19.2. The minimum absolute atomic E-state index is 0.0607. The van der Waals surface area contributed by atoms with Gasteiger partial charge in [0.05, 0.1) is 18.5 Å². The van der Waals surface area contributed by atoms with Gasteiger partial charge in [0.1, 0.15) is 11.5 Å². The molecule has 2 aromatic heterocycles. The molecule has 3 rings (SSSR count). The van der Waals surface area contributed by atoms with Crippen LogP contribution in [0, 0.1) is 0 Å². The normalized spacial score (nSPS) is 13.3. The highest BCUT2D eigenvalue weighted by molar-refractivity contribution is 5.97. The number of fused-ring (bicyclic) bond motifs is 1. The van der Waals surface area contributed by atoms with E-state index in [2.05, 4.69) is 24.1 Å². The number of furan rings is 1. The Labute approximate surface area is 159 Å². The Hall–Kier alpha value is -2.57. The molecule has 1 N–H and O–H groups in total. The monoisotopic (exact) mass is 372 g/mol. The fraction of sp³-hybridized carbons (Fsp3) is 0.550. The third kappa shape index (κ3) is 4.23. The summed E-state index contributed by atoms with van der Waals surface area (Å²) in [5.41, 5.74) is 1.34. The highest BCUT2D eigenvalue weighted by Gasteiger charge is 2.29. The summed E-state index contributed by atoms with van der Waals surface area (Å²) in [4.78, 5) is 32.1. The first-order chi connectivity index (χ1) is 13.2. The van der Waals surface area contributed by atoms with E-state index >= 15 is 0 Å². The third-order valence-electron chi connectivity index (χ3n) is 4.80. The molecule has 0 radical (unpaired) electrons. The van der Waals surface area contributed by atoms with E-state index in [1.54, 1.807) is 12.3 Å². The van der Waals surface area contributed by atoms with Crippen molar-refractivity contribution in [2.45, 2.75) is 59.0 Å². The van der Waals surface area contributed by atoms with Crippen molar-refractivity contribution < 1.29 is 14.0 Å². The van der Waals surface area contributed by atoms with Crippen molar-refractivity contribution in [1.29, 1.82) is 0 Å². The molecule has 7 nitrogen and oxygen atoms in total. The number of rotatable bonds is 8. The molecule has 0 fully saturated rings. The Morgan fingerprint density at radius 3 is 2.70 bits per heavy atom. The lowest BCUT2D eigenvalue weighted by atomic mass is 10.1. The van der Waals surface area contributed by atoms with Gasteiger partial charge in [0.15, 0.2) is 5.82 Å². The molecule has 7 heteroatoms. The van der Waals surface area contributed by atoms with Crippen LogP contribution >= 0.6 is 0 Å². The molecule has 1 aliphatic heterocycles. The predicted molar refractivity (Wildman–Crippen MR) is 102 cm³/mol. The summed E-state index contributed by atoms with van der Waals surface area (Å²) in [6, 6.07) is 3.59. The van der Waals surface area contributed by atoms with Crippen molar-refractivity contribution in [3.05, 3.63) is 41.4 Å². The number of carbonyl (C=O) groups excluding carboxylic acids is 2. The van der Waals surface area contributed by atoms with Crippen LogP contribution in [0.1, 0.15) is 72.1 Å². The van der Waals surface area contributed by atoms with E-state index in [1.165, 1.54) is 0 Å². The fourth-order valence-electron chi connectivity index (χ4n) is 3.55. The van der Waals surface area contributed by atoms with Gasteiger partial charge in [0.25, 0.3) is 11.8 Å². The minimum Gasteiger partial charge on any atom is -0.467 e. The predicted octanol–water partition coefficient (Wildman–Crippen LogP) is 3.00. The lowest BCUT2D eigenvalue weighted by Gasteiger charge is -2.22. The molecule has 0 bridgehead atoms. The summed E-state index contributed by atoms with van der Waals surface area (Å²) in [5, 5.41) is 2.84. The van der Waals surface area contributed by atoms with Gasteiger partial charge in [-0.05, 0) is 44.2 Å². The van der Waals surface area contributed by atoms with E-state index in [0.29, 0.717) is 36.9 Å². The van der Waals surface area contributed by atoms with E-state index in [0.717, 1.165) is 44.3 Å². The van der Waals surface area contributed by atoms with E-state index in [-0.39, 0.29) is 11.8 Å². The summed E-state index contributed by atoms with van der Waals surface area (Å²) in [5.74, 6) is 0.676. The van der Waals surface area contributed by atoms with Gasteiger partial charge < -0.3 is 19.2 Å². The van der Waals surface area contributed by atoms with Crippen LogP contribution in [0.2, 0.25) is 0 Å². The first kappa shape index (κ1) is 19.2. The Morgan fingerprint density at radius 1 is 1.26 bits per heavy atom. The number of amides is 2. The standard InChI is InChI=1S/C20H28N4O3/c1-3-10-23(11-4-2)20(26)17-16-9-5-6-12-24(16)18(22-17)19(25)21-14-15-8-7-13-27-15/h7-8,13H,3-6,9-12,14H2,1-2H3,(H,21,25). The Balaban J connectivity index is 1.85. The largest absolute Gasteiger partial charge is 0.467 e. The fourth-order valence-corrected chi connectivity index (χ4v) is 3.55. The summed E-state index contributed by atoms with van der Waals surface area (Å²) >= 11 is 0. The van der Waals surface area contributed by atoms with Crippen LogP contribution < -0.4 is 5.32 Å². The van der Waals surface area contributed by atoms with Gasteiger partial charge in [0.2, 0.25) is 0 Å². The molecule has 27 heavy (non-hydrogen) atoms. The van der Waals surface area contributed by atoms with Crippen molar-refractivity contribution in [2.24, 2.45) is 0 Å². The topological polar surface area (TPSA) is 80.4 Å². The molecular formula is C20H28N4O3. The van der Waals surface area contributed by atoms with Crippen LogP contribution in [0.5, 0.6) is 0 Å². The number of imidazole rings is 1. The molecule has 0 atom stereocenters. The molecule has 2 aromatic rings. The van der Waals surface area contributed by atoms with Gasteiger partial charge in [0, 0.05) is 19.6 Å². The Morgan fingerprint density at radius 2 is 2.04 bits per heavy atom. The van der Waals surface area contributed by atoms with Crippen molar-refractivity contribution >= 4 is 11.8 Å². The second-order valence-electron chi connectivity index (χ2n) is 6.89. The molecule has 2 amide bonds. The molecule has 0 unspecified atom stereocenters.